The van der Waals surface area contributed by atoms with Gasteiger partial charge >= 0.3 is 0 Å². The third-order valence-electron chi connectivity index (χ3n) is 3.55. The van der Waals surface area contributed by atoms with Crippen molar-refractivity contribution in [3.63, 3.8) is 0 Å². The Hall–Kier alpha value is -0.0900. The SMILES string of the molecule is COCC(Br)CNC(=O)C1C2CCCC21. The van der Waals surface area contributed by atoms with Crippen molar-refractivity contribution in [3.8, 4) is 0 Å². The smallest absolute Gasteiger partial charge is 0.223 e. The molecule has 0 aromatic carbocycles. The van der Waals surface area contributed by atoms with Crippen molar-refractivity contribution >= 4 is 21.8 Å². The highest BCUT2D eigenvalue weighted by Gasteiger charge is 2.56. The van der Waals surface area contributed by atoms with E-state index in [0.29, 0.717) is 30.9 Å². The quantitative estimate of drug-likeness (QED) is 0.774. The zero-order chi connectivity index (χ0) is 10.8. The largest absolute Gasteiger partial charge is 0.383 e. The molecule has 0 saturated heterocycles. The molecule has 3 nitrogen and oxygen atoms in total. The second-order valence-electron chi connectivity index (χ2n) is 4.58. The molecular weight excluding hydrogens is 258 g/mol. The molecule has 0 aliphatic heterocycles. The molecule has 4 heteroatoms. The number of halogens is 1. The number of carbonyl (C=O) groups is 1. The van der Waals surface area contributed by atoms with Crippen LogP contribution in [-0.2, 0) is 9.53 Å². The van der Waals surface area contributed by atoms with Gasteiger partial charge in [-0.05, 0) is 24.7 Å². The molecule has 0 bridgehead atoms. The van der Waals surface area contributed by atoms with E-state index >= 15 is 0 Å². The van der Waals surface area contributed by atoms with Gasteiger partial charge in [0.05, 0.1) is 11.4 Å². The summed E-state index contributed by atoms with van der Waals surface area (Å²) in [5.74, 6) is 2.01. The monoisotopic (exact) mass is 275 g/mol. The number of hydrogen-bond donors (Lipinski definition) is 1. The van der Waals surface area contributed by atoms with Gasteiger partial charge in [0.2, 0.25) is 5.91 Å². The molecule has 2 saturated carbocycles. The van der Waals surface area contributed by atoms with E-state index in [1.807, 2.05) is 0 Å². The number of rotatable bonds is 5. The Morgan fingerprint density at radius 1 is 1.53 bits per heavy atom. The van der Waals surface area contributed by atoms with Crippen LogP contribution in [0.15, 0.2) is 0 Å². The van der Waals surface area contributed by atoms with Crippen molar-refractivity contribution < 1.29 is 9.53 Å². The molecule has 0 aromatic rings. The highest BCUT2D eigenvalue weighted by atomic mass is 79.9. The summed E-state index contributed by atoms with van der Waals surface area (Å²) in [6.45, 7) is 1.31. The Morgan fingerprint density at radius 3 is 2.80 bits per heavy atom. The molecule has 3 unspecified atom stereocenters. The lowest BCUT2D eigenvalue weighted by atomic mass is 10.1. The molecule has 0 heterocycles. The van der Waals surface area contributed by atoms with Gasteiger partial charge in [-0.1, -0.05) is 22.4 Å². The Kier molecular flexibility index (Phi) is 3.67. The molecule has 0 spiro atoms. The van der Waals surface area contributed by atoms with Crippen LogP contribution in [-0.4, -0.2) is 31.0 Å². The summed E-state index contributed by atoms with van der Waals surface area (Å²) in [4.78, 5) is 12.0. The van der Waals surface area contributed by atoms with E-state index in [2.05, 4.69) is 21.2 Å². The van der Waals surface area contributed by atoms with Crippen molar-refractivity contribution in [2.24, 2.45) is 17.8 Å². The normalized spacial score (nSPS) is 34.7. The average Bonchev–Trinajstić information content (AvgIpc) is 2.69. The van der Waals surface area contributed by atoms with Gasteiger partial charge in [0.15, 0.2) is 0 Å². The molecule has 1 N–H and O–H groups in total. The first-order valence-electron chi connectivity index (χ1n) is 5.64. The summed E-state index contributed by atoms with van der Waals surface area (Å²) in [7, 11) is 1.67. The Morgan fingerprint density at radius 2 is 2.20 bits per heavy atom. The molecule has 2 aliphatic rings. The Bertz CT molecular complexity index is 237. The van der Waals surface area contributed by atoms with Gasteiger partial charge in [-0.2, -0.15) is 0 Å². The number of methoxy groups -OCH3 is 1. The second-order valence-corrected chi connectivity index (χ2v) is 5.88. The molecule has 0 radical (unpaired) electrons. The van der Waals surface area contributed by atoms with E-state index in [1.54, 1.807) is 7.11 Å². The maximum absolute atomic E-state index is 11.8. The highest BCUT2D eigenvalue weighted by molar-refractivity contribution is 9.09. The number of amides is 1. The predicted molar refractivity (Wildman–Crippen MR) is 61.9 cm³/mol. The molecule has 2 fully saturated rings. The first-order valence-corrected chi connectivity index (χ1v) is 6.56. The maximum Gasteiger partial charge on any atom is 0.223 e. The summed E-state index contributed by atoms with van der Waals surface area (Å²) >= 11 is 3.46. The molecule has 2 rings (SSSR count). The predicted octanol–water partition coefficient (Wildman–Crippen LogP) is 1.56. The van der Waals surface area contributed by atoms with Crippen LogP contribution >= 0.6 is 15.9 Å². The third kappa shape index (κ3) is 2.53. The summed E-state index contributed by atoms with van der Waals surface area (Å²) in [6.07, 6.45) is 3.85. The van der Waals surface area contributed by atoms with Crippen molar-refractivity contribution in [2.45, 2.75) is 24.1 Å². The molecule has 1 amide bonds. The lowest BCUT2D eigenvalue weighted by Crippen LogP contribution is -2.33. The number of carbonyl (C=O) groups excluding carboxylic acids is 1. The topological polar surface area (TPSA) is 38.3 Å². The fourth-order valence-corrected chi connectivity index (χ4v) is 3.21. The number of nitrogens with one attached hydrogen (secondary N) is 1. The minimum absolute atomic E-state index is 0.227. The van der Waals surface area contributed by atoms with Gasteiger partial charge < -0.3 is 10.1 Å². The van der Waals surface area contributed by atoms with Crippen LogP contribution in [0.3, 0.4) is 0 Å². The fraction of sp³-hybridized carbons (Fsp3) is 0.909. The van der Waals surface area contributed by atoms with Crippen LogP contribution in [0.4, 0.5) is 0 Å². The van der Waals surface area contributed by atoms with Crippen molar-refractivity contribution in [1.29, 1.82) is 0 Å². The first kappa shape index (κ1) is 11.4. The van der Waals surface area contributed by atoms with E-state index in [9.17, 15) is 4.79 Å². The van der Waals surface area contributed by atoms with E-state index in [1.165, 1.54) is 19.3 Å². The average molecular weight is 276 g/mol. The minimum atomic E-state index is 0.227. The summed E-state index contributed by atoms with van der Waals surface area (Å²) in [5, 5.41) is 2.99. The van der Waals surface area contributed by atoms with Crippen LogP contribution in [0, 0.1) is 17.8 Å². The van der Waals surface area contributed by atoms with Crippen LogP contribution in [0.1, 0.15) is 19.3 Å². The van der Waals surface area contributed by atoms with Gasteiger partial charge in [0.1, 0.15) is 0 Å². The lowest BCUT2D eigenvalue weighted by Gasteiger charge is -2.10. The second kappa shape index (κ2) is 4.83. The maximum atomic E-state index is 11.8. The first-order chi connectivity index (χ1) is 7.24. The van der Waals surface area contributed by atoms with E-state index in [0.717, 1.165) is 0 Å². The summed E-state index contributed by atoms with van der Waals surface area (Å²) < 4.78 is 4.99. The third-order valence-corrected chi connectivity index (χ3v) is 4.14. The van der Waals surface area contributed by atoms with Gasteiger partial charge in [-0.3, -0.25) is 4.79 Å². The van der Waals surface area contributed by atoms with Gasteiger partial charge in [0, 0.05) is 19.6 Å². The lowest BCUT2D eigenvalue weighted by molar-refractivity contribution is -0.123. The van der Waals surface area contributed by atoms with Crippen LogP contribution in [0.2, 0.25) is 0 Å². The molecule has 3 atom stereocenters. The minimum Gasteiger partial charge on any atom is -0.383 e. The van der Waals surface area contributed by atoms with Crippen molar-refractivity contribution in [2.75, 3.05) is 20.3 Å². The fourth-order valence-electron chi connectivity index (χ4n) is 2.78. The van der Waals surface area contributed by atoms with Gasteiger partial charge in [-0.15, -0.1) is 0 Å². The van der Waals surface area contributed by atoms with Gasteiger partial charge in [-0.25, -0.2) is 0 Å². The van der Waals surface area contributed by atoms with Crippen molar-refractivity contribution in [1.82, 2.24) is 5.32 Å². The van der Waals surface area contributed by atoms with Crippen LogP contribution < -0.4 is 5.32 Å². The Labute approximate surface area is 99.1 Å². The van der Waals surface area contributed by atoms with Crippen LogP contribution in [0.25, 0.3) is 0 Å². The van der Waals surface area contributed by atoms with Crippen molar-refractivity contribution in [3.05, 3.63) is 0 Å². The Balaban J connectivity index is 1.66. The van der Waals surface area contributed by atoms with E-state index < -0.39 is 0 Å². The van der Waals surface area contributed by atoms with E-state index in [4.69, 9.17) is 4.74 Å². The number of ether oxygens (including phenoxy) is 1. The summed E-state index contributed by atoms with van der Waals surface area (Å²) in [6, 6.07) is 0. The highest BCUT2D eigenvalue weighted by Crippen LogP contribution is 2.57. The molecule has 0 aromatic heterocycles. The number of hydrogen-bond acceptors (Lipinski definition) is 2. The zero-order valence-electron chi connectivity index (χ0n) is 9.04. The van der Waals surface area contributed by atoms with E-state index in [-0.39, 0.29) is 10.7 Å². The van der Waals surface area contributed by atoms with Crippen LogP contribution in [0.5, 0.6) is 0 Å². The zero-order valence-corrected chi connectivity index (χ0v) is 10.6. The summed E-state index contributed by atoms with van der Waals surface area (Å²) in [5.41, 5.74) is 0. The molecular formula is C11H18BrNO2. The number of fused-ring (bicyclic) bond motifs is 1. The molecule has 15 heavy (non-hydrogen) atoms. The molecule has 2 aliphatic carbocycles. The number of alkyl halides is 1. The molecule has 86 valence electrons. The standard InChI is InChI=1S/C11H18BrNO2/c1-15-6-7(12)5-13-11(14)10-8-3-2-4-9(8)10/h7-10H,2-6H2,1H3,(H,13,14). The van der Waals surface area contributed by atoms with Gasteiger partial charge in [0.25, 0.3) is 0 Å².